The van der Waals surface area contributed by atoms with Gasteiger partial charge in [0.1, 0.15) is 23.1 Å². The molecule has 1 amide bonds. The molecule has 0 heterocycles. The van der Waals surface area contributed by atoms with E-state index in [1.54, 1.807) is 37.4 Å². The molecule has 0 saturated heterocycles. The van der Waals surface area contributed by atoms with Crippen molar-refractivity contribution in [2.45, 2.75) is 13.8 Å². The SMILES string of the molecule is CCOc1ccc(NC(=O)/C(C#N)=C/c2cc(C)ccc2OC)cc1. The molecule has 0 bridgehead atoms. The average Bonchev–Trinajstić information content (AvgIpc) is 2.61. The fourth-order valence-corrected chi connectivity index (χ4v) is 2.27. The van der Waals surface area contributed by atoms with Crippen LogP contribution in [0, 0.1) is 18.3 Å². The summed E-state index contributed by atoms with van der Waals surface area (Å²) in [6.07, 6.45) is 1.52. The van der Waals surface area contributed by atoms with E-state index in [4.69, 9.17) is 9.47 Å². The van der Waals surface area contributed by atoms with E-state index < -0.39 is 5.91 Å². The summed E-state index contributed by atoms with van der Waals surface area (Å²) in [5, 5.41) is 12.1. The summed E-state index contributed by atoms with van der Waals surface area (Å²) in [6.45, 7) is 4.41. The van der Waals surface area contributed by atoms with Crippen LogP contribution < -0.4 is 14.8 Å². The third kappa shape index (κ3) is 4.85. The lowest BCUT2D eigenvalue weighted by atomic mass is 10.1. The molecule has 5 nitrogen and oxygen atoms in total. The Morgan fingerprint density at radius 3 is 2.56 bits per heavy atom. The quantitative estimate of drug-likeness (QED) is 0.640. The summed E-state index contributed by atoms with van der Waals surface area (Å²) in [5.41, 5.74) is 2.28. The van der Waals surface area contributed by atoms with Crippen molar-refractivity contribution in [2.24, 2.45) is 0 Å². The maximum atomic E-state index is 12.4. The molecule has 0 aromatic heterocycles. The van der Waals surface area contributed by atoms with Crippen molar-refractivity contribution in [1.29, 1.82) is 5.26 Å². The van der Waals surface area contributed by atoms with Gasteiger partial charge in [0.2, 0.25) is 0 Å². The highest BCUT2D eigenvalue weighted by molar-refractivity contribution is 6.09. The Morgan fingerprint density at radius 1 is 1.24 bits per heavy atom. The molecule has 0 fully saturated rings. The molecule has 0 unspecified atom stereocenters. The summed E-state index contributed by atoms with van der Waals surface area (Å²) in [5.74, 6) is 0.850. The van der Waals surface area contributed by atoms with Gasteiger partial charge in [-0.25, -0.2) is 0 Å². The van der Waals surface area contributed by atoms with E-state index in [-0.39, 0.29) is 5.57 Å². The molecule has 25 heavy (non-hydrogen) atoms. The van der Waals surface area contributed by atoms with E-state index >= 15 is 0 Å². The van der Waals surface area contributed by atoms with Crippen LogP contribution in [0.2, 0.25) is 0 Å². The van der Waals surface area contributed by atoms with Crippen LogP contribution >= 0.6 is 0 Å². The number of nitriles is 1. The normalized spacial score (nSPS) is 10.7. The van der Waals surface area contributed by atoms with E-state index in [2.05, 4.69) is 5.32 Å². The second-order valence-corrected chi connectivity index (χ2v) is 5.33. The molecule has 0 aliphatic rings. The summed E-state index contributed by atoms with van der Waals surface area (Å²) < 4.78 is 10.6. The molecular formula is C20H20N2O3. The maximum Gasteiger partial charge on any atom is 0.266 e. The van der Waals surface area contributed by atoms with Gasteiger partial charge in [-0.2, -0.15) is 5.26 Å². The van der Waals surface area contributed by atoms with Crippen molar-refractivity contribution in [2.75, 3.05) is 19.0 Å². The first-order chi connectivity index (χ1) is 12.1. The Balaban J connectivity index is 2.21. The second-order valence-electron chi connectivity index (χ2n) is 5.33. The van der Waals surface area contributed by atoms with E-state index in [0.717, 1.165) is 11.3 Å². The minimum atomic E-state index is -0.477. The van der Waals surface area contributed by atoms with Gasteiger partial charge in [-0.1, -0.05) is 11.6 Å². The molecule has 2 aromatic carbocycles. The fraction of sp³-hybridized carbons (Fsp3) is 0.200. The van der Waals surface area contributed by atoms with Gasteiger partial charge in [-0.15, -0.1) is 0 Å². The molecule has 1 N–H and O–H groups in total. The lowest BCUT2D eigenvalue weighted by Gasteiger charge is -2.08. The molecule has 0 aliphatic carbocycles. The Hall–Kier alpha value is -3.26. The predicted molar refractivity (Wildman–Crippen MR) is 97.6 cm³/mol. The zero-order valence-electron chi connectivity index (χ0n) is 14.5. The number of hydrogen-bond donors (Lipinski definition) is 1. The maximum absolute atomic E-state index is 12.4. The van der Waals surface area contributed by atoms with Crippen molar-refractivity contribution in [1.82, 2.24) is 0 Å². The van der Waals surface area contributed by atoms with Gasteiger partial charge in [0, 0.05) is 11.3 Å². The van der Waals surface area contributed by atoms with Gasteiger partial charge in [0.15, 0.2) is 0 Å². The average molecular weight is 336 g/mol. The topological polar surface area (TPSA) is 71.3 Å². The molecule has 2 aromatic rings. The first-order valence-corrected chi connectivity index (χ1v) is 7.88. The number of carbonyl (C=O) groups is 1. The first-order valence-electron chi connectivity index (χ1n) is 7.88. The van der Waals surface area contributed by atoms with Gasteiger partial charge in [-0.05, 0) is 56.3 Å². The smallest absolute Gasteiger partial charge is 0.266 e. The summed E-state index contributed by atoms with van der Waals surface area (Å²) in [7, 11) is 1.55. The second kappa shape index (κ2) is 8.55. The Labute approximate surface area is 147 Å². The van der Waals surface area contributed by atoms with Crippen LogP contribution in [0.4, 0.5) is 5.69 Å². The van der Waals surface area contributed by atoms with Gasteiger partial charge in [-0.3, -0.25) is 4.79 Å². The van der Waals surface area contributed by atoms with E-state index in [1.165, 1.54) is 6.08 Å². The van der Waals surface area contributed by atoms with Crippen molar-refractivity contribution in [3.8, 4) is 17.6 Å². The highest BCUT2D eigenvalue weighted by Crippen LogP contribution is 2.23. The summed E-state index contributed by atoms with van der Waals surface area (Å²) >= 11 is 0. The molecule has 0 aliphatic heterocycles. The number of benzene rings is 2. The number of carbonyl (C=O) groups excluding carboxylic acids is 1. The number of nitrogens with zero attached hydrogens (tertiary/aromatic N) is 1. The first kappa shape index (κ1) is 18.1. The highest BCUT2D eigenvalue weighted by atomic mass is 16.5. The fourth-order valence-electron chi connectivity index (χ4n) is 2.27. The lowest BCUT2D eigenvalue weighted by molar-refractivity contribution is -0.112. The van der Waals surface area contributed by atoms with E-state index in [1.807, 2.05) is 32.0 Å². The van der Waals surface area contributed by atoms with Crippen LogP contribution in [0.25, 0.3) is 6.08 Å². The third-order valence-electron chi connectivity index (χ3n) is 3.47. The van der Waals surface area contributed by atoms with Crippen molar-refractivity contribution < 1.29 is 14.3 Å². The minimum absolute atomic E-state index is 0.00205. The Morgan fingerprint density at radius 2 is 1.96 bits per heavy atom. The van der Waals surface area contributed by atoms with Gasteiger partial charge >= 0.3 is 0 Å². The van der Waals surface area contributed by atoms with Crippen LogP contribution in [-0.4, -0.2) is 19.6 Å². The molecule has 0 atom stereocenters. The number of methoxy groups -OCH3 is 1. The number of rotatable bonds is 6. The number of nitrogens with one attached hydrogen (secondary N) is 1. The minimum Gasteiger partial charge on any atom is -0.496 e. The van der Waals surface area contributed by atoms with Crippen molar-refractivity contribution >= 4 is 17.7 Å². The highest BCUT2D eigenvalue weighted by Gasteiger charge is 2.11. The van der Waals surface area contributed by atoms with E-state index in [9.17, 15) is 10.1 Å². The van der Waals surface area contributed by atoms with Crippen LogP contribution in [0.5, 0.6) is 11.5 Å². The summed E-state index contributed by atoms with van der Waals surface area (Å²) in [6, 6.07) is 14.5. The third-order valence-corrected chi connectivity index (χ3v) is 3.47. The van der Waals surface area contributed by atoms with Gasteiger partial charge in [0.05, 0.1) is 13.7 Å². The molecule has 0 radical (unpaired) electrons. The number of anilines is 1. The van der Waals surface area contributed by atoms with Crippen molar-refractivity contribution in [3.05, 3.63) is 59.2 Å². The van der Waals surface area contributed by atoms with Gasteiger partial charge < -0.3 is 14.8 Å². The number of hydrogen-bond acceptors (Lipinski definition) is 4. The van der Waals surface area contributed by atoms with Crippen LogP contribution in [-0.2, 0) is 4.79 Å². The molecule has 0 spiro atoms. The number of amides is 1. The van der Waals surface area contributed by atoms with Crippen LogP contribution in [0.3, 0.4) is 0 Å². The van der Waals surface area contributed by atoms with Crippen LogP contribution in [0.1, 0.15) is 18.1 Å². The molecule has 2 rings (SSSR count). The zero-order chi connectivity index (χ0) is 18.2. The standard InChI is InChI=1S/C20H20N2O3/c1-4-25-18-8-6-17(7-9-18)22-20(23)16(13-21)12-15-11-14(2)5-10-19(15)24-3/h5-12H,4H2,1-3H3,(H,22,23)/b16-12+. The number of ether oxygens (including phenoxy) is 2. The Kier molecular flexibility index (Phi) is 6.19. The molecular weight excluding hydrogens is 316 g/mol. The lowest BCUT2D eigenvalue weighted by Crippen LogP contribution is -2.13. The predicted octanol–water partition coefficient (Wildman–Crippen LogP) is 3.95. The van der Waals surface area contributed by atoms with Crippen molar-refractivity contribution in [3.63, 3.8) is 0 Å². The molecule has 5 heteroatoms. The van der Waals surface area contributed by atoms with Gasteiger partial charge in [0.25, 0.3) is 5.91 Å². The molecule has 128 valence electrons. The van der Waals surface area contributed by atoms with Crippen LogP contribution in [0.15, 0.2) is 48.0 Å². The molecule has 0 saturated carbocycles. The van der Waals surface area contributed by atoms with E-state index in [0.29, 0.717) is 23.6 Å². The number of aryl methyl sites for hydroxylation is 1. The summed E-state index contributed by atoms with van der Waals surface area (Å²) in [4.78, 5) is 12.4. The Bertz CT molecular complexity index is 818. The monoisotopic (exact) mass is 336 g/mol. The largest absolute Gasteiger partial charge is 0.496 e. The zero-order valence-corrected chi connectivity index (χ0v) is 14.5.